The highest BCUT2D eigenvalue weighted by Gasteiger charge is 2.12. The summed E-state index contributed by atoms with van der Waals surface area (Å²) in [5.41, 5.74) is 9.24. The molecule has 20 heavy (non-hydrogen) atoms. The summed E-state index contributed by atoms with van der Waals surface area (Å²) in [6.45, 7) is 0. The minimum absolute atomic E-state index is 0.320. The molecular formula is C16H16N2OS. The maximum atomic E-state index is 5.91. The highest BCUT2D eigenvalue weighted by molar-refractivity contribution is 7.80. The van der Waals surface area contributed by atoms with Crippen molar-refractivity contribution in [2.45, 2.75) is 25.7 Å². The average Bonchev–Trinajstić information content (AvgIpc) is 2.47. The summed E-state index contributed by atoms with van der Waals surface area (Å²) in [5.74, 6) is 1.42. The summed E-state index contributed by atoms with van der Waals surface area (Å²) in [4.78, 5) is 4.39. The second kappa shape index (κ2) is 5.59. The molecule has 4 heteroatoms. The maximum absolute atomic E-state index is 5.91. The zero-order valence-electron chi connectivity index (χ0n) is 11.1. The normalized spacial score (nSPS) is 13.6. The molecule has 2 aromatic rings. The molecule has 0 atom stereocenters. The van der Waals surface area contributed by atoms with Crippen LogP contribution >= 0.6 is 12.2 Å². The number of nitrogens with zero attached hydrogens (tertiary/aromatic N) is 1. The molecule has 2 N–H and O–H groups in total. The Balaban J connectivity index is 1.90. The predicted octanol–water partition coefficient (Wildman–Crippen LogP) is 3.39. The fourth-order valence-corrected chi connectivity index (χ4v) is 2.73. The van der Waals surface area contributed by atoms with Crippen molar-refractivity contribution in [1.82, 2.24) is 4.98 Å². The summed E-state index contributed by atoms with van der Waals surface area (Å²) >= 11 is 5.03. The van der Waals surface area contributed by atoms with E-state index in [1.54, 1.807) is 18.5 Å². The molecule has 1 aliphatic carbocycles. The monoisotopic (exact) mass is 284 g/mol. The first-order valence-electron chi connectivity index (χ1n) is 6.77. The Morgan fingerprint density at radius 3 is 2.75 bits per heavy atom. The number of thiocarbonyl (C=S) groups is 1. The third kappa shape index (κ3) is 2.65. The van der Waals surface area contributed by atoms with Crippen molar-refractivity contribution >= 4 is 17.2 Å². The summed E-state index contributed by atoms with van der Waals surface area (Å²) < 4.78 is 5.91. The third-order valence-corrected chi connectivity index (χ3v) is 3.82. The number of benzene rings is 1. The van der Waals surface area contributed by atoms with Crippen molar-refractivity contribution in [3.63, 3.8) is 0 Å². The number of hydrogen-bond donors (Lipinski definition) is 1. The van der Waals surface area contributed by atoms with Crippen LogP contribution in [0.15, 0.2) is 36.7 Å². The highest BCUT2D eigenvalue weighted by atomic mass is 32.1. The Bertz CT molecular complexity index is 655. The second-order valence-electron chi connectivity index (χ2n) is 4.98. The molecule has 1 aliphatic rings. The molecule has 102 valence electrons. The molecule has 3 rings (SSSR count). The van der Waals surface area contributed by atoms with Gasteiger partial charge in [-0.25, -0.2) is 0 Å². The van der Waals surface area contributed by atoms with Crippen LogP contribution in [0, 0.1) is 0 Å². The average molecular weight is 284 g/mol. The van der Waals surface area contributed by atoms with Gasteiger partial charge in [0.15, 0.2) is 5.75 Å². The van der Waals surface area contributed by atoms with Crippen molar-refractivity contribution in [2.24, 2.45) is 5.73 Å². The number of nitrogens with two attached hydrogens (primary N) is 1. The van der Waals surface area contributed by atoms with Crippen LogP contribution in [-0.2, 0) is 12.8 Å². The smallest absolute Gasteiger partial charge is 0.155 e. The van der Waals surface area contributed by atoms with Gasteiger partial charge in [0.1, 0.15) is 10.7 Å². The molecule has 3 nitrogen and oxygen atoms in total. The van der Waals surface area contributed by atoms with Gasteiger partial charge in [0, 0.05) is 6.20 Å². The van der Waals surface area contributed by atoms with E-state index >= 15 is 0 Å². The molecule has 0 unspecified atom stereocenters. The van der Waals surface area contributed by atoms with Gasteiger partial charge in [-0.3, -0.25) is 4.98 Å². The molecule has 1 aromatic carbocycles. The molecule has 0 fully saturated rings. The van der Waals surface area contributed by atoms with Gasteiger partial charge >= 0.3 is 0 Å². The van der Waals surface area contributed by atoms with Crippen molar-refractivity contribution in [3.8, 4) is 11.5 Å². The topological polar surface area (TPSA) is 48.1 Å². The minimum atomic E-state index is 0.320. The fraction of sp³-hybridized carbons (Fsp3) is 0.250. The summed E-state index contributed by atoms with van der Waals surface area (Å²) in [7, 11) is 0. The van der Waals surface area contributed by atoms with Gasteiger partial charge in [-0.15, -0.1) is 0 Å². The van der Waals surface area contributed by atoms with E-state index < -0.39 is 0 Å². The molecule has 0 saturated carbocycles. The van der Waals surface area contributed by atoms with Crippen LogP contribution in [0.5, 0.6) is 11.5 Å². The van der Waals surface area contributed by atoms with E-state index in [1.807, 2.05) is 6.07 Å². The molecule has 0 bridgehead atoms. The van der Waals surface area contributed by atoms with Crippen molar-refractivity contribution in [3.05, 3.63) is 53.3 Å². The van der Waals surface area contributed by atoms with Crippen LogP contribution in [-0.4, -0.2) is 9.97 Å². The molecular weight excluding hydrogens is 268 g/mol. The first-order chi connectivity index (χ1) is 9.74. The molecule has 1 heterocycles. The SMILES string of the molecule is NC(=S)c1ccncc1Oc1ccc2c(c1)CCCC2. The van der Waals surface area contributed by atoms with Crippen LogP contribution < -0.4 is 10.5 Å². The highest BCUT2D eigenvalue weighted by Crippen LogP contribution is 2.29. The lowest BCUT2D eigenvalue weighted by molar-refractivity contribution is 0.477. The Morgan fingerprint density at radius 2 is 1.95 bits per heavy atom. The van der Waals surface area contributed by atoms with Gasteiger partial charge in [-0.05, 0) is 55.0 Å². The predicted molar refractivity (Wildman–Crippen MR) is 83.3 cm³/mol. The van der Waals surface area contributed by atoms with E-state index in [0.717, 1.165) is 12.2 Å². The minimum Gasteiger partial charge on any atom is -0.455 e. The summed E-state index contributed by atoms with van der Waals surface area (Å²) in [5, 5.41) is 0. The lowest BCUT2D eigenvalue weighted by atomic mass is 9.92. The van der Waals surface area contributed by atoms with E-state index in [1.165, 1.54) is 30.4 Å². The number of pyridine rings is 1. The number of aryl methyl sites for hydroxylation is 2. The van der Waals surface area contributed by atoms with E-state index in [-0.39, 0.29) is 0 Å². The second-order valence-corrected chi connectivity index (χ2v) is 5.42. The molecule has 0 spiro atoms. The number of rotatable bonds is 3. The molecule has 0 amide bonds. The third-order valence-electron chi connectivity index (χ3n) is 3.60. The number of fused-ring (bicyclic) bond motifs is 1. The van der Waals surface area contributed by atoms with Gasteiger partial charge in [-0.2, -0.15) is 0 Å². The van der Waals surface area contributed by atoms with Crippen LogP contribution in [0.25, 0.3) is 0 Å². The number of aromatic nitrogens is 1. The van der Waals surface area contributed by atoms with E-state index in [2.05, 4.69) is 17.1 Å². The van der Waals surface area contributed by atoms with Gasteiger partial charge in [0.25, 0.3) is 0 Å². The van der Waals surface area contributed by atoms with Crippen molar-refractivity contribution in [2.75, 3.05) is 0 Å². The largest absolute Gasteiger partial charge is 0.455 e. The van der Waals surface area contributed by atoms with Gasteiger partial charge in [0.2, 0.25) is 0 Å². The maximum Gasteiger partial charge on any atom is 0.155 e. The summed E-state index contributed by atoms with van der Waals surface area (Å²) in [6, 6.07) is 8.04. The van der Waals surface area contributed by atoms with Crippen LogP contribution in [0.2, 0.25) is 0 Å². The van der Waals surface area contributed by atoms with Gasteiger partial charge in [-0.1, -0.05) is 18.3 Å². The summed E-state index contributed by atoms with van der Waals surface area (Å²) in [6.07, 6.45) is 8.13. The van der Waals surface area contributed by atoms with E-state index in [9.17, 15) is 0 Å². The molecule has 0 aliphatic heterocycles. The Morgan fingerprint density at radius 1 is 1.15 bits per heavy atom. The lowest BCUT2D eigenvalue weighted by Crippen LogP contribution is -2.11. The van der Waals surface area contributed by atoms with Crippen molar-refractivity contribution < 1.29 is 4.74 Å². The van der Waals surface area contributed by atoms with E-state index in [0.29, 0.717) is 16.3 Å². The Kier molecular flexibility index (Phi) is 3.65. The first-order valence-corrected chi connectivity index (χ1v) is 7.18. The van der Waals surface area contributed by atoms with Crippen LogP contribution in [0.3, 0.4) is 0 Å². The van der Waals surface area contributed by atoms with Crippen LogP contribution in [0.4, 0.5) is 0 Å². The molecule has 0 radical (unpaired) electrons. The molecule has 0 saturated heterocycles. The van der Waals surface area contributed by atoms with Crippen molar-refractivity contribution in [1.29, 1.82) is 0 Å². The standard InChI is InChI=1S/C16H16N2OS/c17-16(20)14-7-8-18-10-15(14)19-13-6-5-11-3-1-2-4-12(11)9-13/h5-10H,1-4H2,(H2,17,20). The fourth-order valence-electron chi connectivity index (χ4n) is 2.57. The number of hydrogen-bond acceptors (Lipinski definition) is 3. The Hall–Kier alpha value is -1.94. The first kappa shape index (κ1) is 13.1. The number of ether oxygens (including phenoxy) is 1. The lowest BCUT2D eigenvalue weighted by Gasteiger charge is -2.17. The Labute approximate surface area is 123 Å². The van der Waals surface area contributed by atoms with Gasteiger partial charge < -0.3 is 10.5 Å². The van der Waals surface area contributed by atoms with Crippen LogP contribution in [0.1, 0.15) is 29.5 Å². The zero-order valence-corrected chi connectivity index (χ0v) is 12.0. The van der Waals surface area contributed by atoms with E-state index in [4.69, 9.17) is 22.7 Å². The quantitative estimate of drug-likeness (QED) is 0.878. The van der Waals surface area contributed by atoms with Gasteiger partial charge in [0.05, 0.1) is 11.8 Å². The molecule has 1 aromatic heterocycles. The zero-order chi connectivity index (χ0) is 13.9.